The highest BCUT2D eigenvalue weighted by atomic mass is 16.1. The van der Waals surface area contributed by atoms with Crippen molar-refractivity contribution in [2.45, 2.75) is 13.3 Å². The van der Waals surface area contributed by atoms with Crippen LogP contribution in [0.25, 0.3) is 11.0 Å². The molecule has 66 valence electrons. The topological polar surface area (TPSA) is 45.8 Å². The number of ketones is 1. The maximum atomic E-state index is 10.9. The summed E-state index contributed by atoms with van der Waals surface area (Å²) in [4.78, 5) is 18.1. The normalized spacial score (nSPS) is 10.5. The van der Waals surface area contributed by atoms with E-state index in [1.807, 2.05) is 18.3 Å². The fraction of sp³-hybridized carbons (Fsp3) is 0.200. The molecule has 0 saturated heterocycles. The lowest BCUT2D eigenvalue weighted by Gasteiger charge is -1.92. The van der Waals surface area contributed by atoms with Gasteiger partial charge in [-0.25, -0.2) is 4.98 Å². The average molecular weight is 174 g/mol. The number of H-pyrrole nitrogens is 1. The largest absolute Gasteiger partial charge is 0.346 e. The molecule has 0 aliphatic heterocycles. The van der Waals surface area contributed by atoms with Crippen LogP contribution < -0.4 is 0 Å². The minimum atomic E-state index is 0.171. The number of nitrogens with zero attached hydrogens (tertiary/aromatic N) is 1. The van der Waals surface area contributed by atoms with Gasteiger partial charge in [0.05, 0.1) is 0 Å². The zero-order chi connectivity index (χ0) is 9.26. The van der Waals surface area contributed by atoms with Crippen LogP contribution in [0.1, 0.15) is 12.5 Å². The molecule has 0 aliphatic carbocycles. The van der Waals surface area contributed by atoms with Crippen LogP contribution in [0.5, 0.6) is 0 Å². The van der Waals surface area contributed by atoms with E-state index in [4.69, 9.17) is 0 Å². The van der Waals surface area contributed by atoms with Gasteiger partial charge in [0, 0.05) is 24.2 Å². The predicted molar refractivity (Wildman–Crippen MR) is 50.5 cm³/mol. The first-order chi connectivity index (χ1) is 6.27. The van der Waals surface area contributed by atoms with Gasteiger partial charge in [0.15, 0.2) is 0 Å². The minimum absolute atomic E-state index is 0.171. The second-order valence-corrected chi connectivity index (χ2v) is 3.09. The Bertz CT molecular complexity index is 445. The molecule has 0 saturated carbocycles. The summed E-state index contributed by atoms with van der Waals surface area (Å²) in [6.45, 7) is 1.59. The zero-order valence-electron chi connectivity index (χ0n) is 7.37. The van der Waals surface area contributed by atoms with Crippen molar-refractivity contribution in [2.24, 2.45) is 0 Å². The Kier molecular flexibility index (Phi) is 1.85. The lowest BCUT2D eigenvalue weighted by molar-refractivity contribution is -0.116. The molecule has 0 radical (unpaired) electrons. The molecule has 1 N–H and O–H groups in total. The number of rotatable bonds is 2. The number of carbonyl (C=O) groups is 1. The van der Waals surface area contributed by atoms with Crippen LogP contribution in [0, 0.1) is 0 Å². The highest BCUT2D eigenvalue weighted by Crippen LogP contribution is 2.15. The average Bonchev–Trinajstić information content (AvgIpc) is 2.48. The molecular weight excluding hydrogens is 164 g/mol. The van der Waals surface area contributed by atoms with Crippen LogP contribution in [-0.2, 0) is 11.2 Å². The summed E-state index contributed by atoms with van der Waals surface area (Å²) in [7, 11) is 0. The van der Waals surface area contributed by atoms with Crippen molar-refractivity contribution in [1.29, 1.82) is 0 Å². The Morgan fingerprint density at radius 2 is 2.46 bits per heavy atom. The molecule has 3 heteroatoms. The molecular formula is C10H10N2O. The van der Waals surface area contributed by atoms with E-state index in [-0.39, 0.29) is 5.78 Å². The summed E-state index contributed by atoms with van der Waals surface area (Å²) in [6.07, 6.45) is 4.06. The van der Waals surface area contributed by atoms with Crippen molar-refractivity contribution in [3.05, 3.63) is 30.1 Å². The summed E-state index contributed by atoms with van der Waals surface area (Å²) in [5, 5.41) is 1.04. The number of fused-ring (bicyclic) bond motifs is 1. The van der Waals surface area contributed by atoms with E-state index in [2.05, 4.69) is 9.97 Å². The van der Waals surface area contributed by atoms with Crippen LogP contribution in [0.3, 0.4) is 0 Å². The van der Waals surface area contributed by atoms with Gasteiger partial charge >= 0.3 is 0 Å². The van der Waals surface area contributed by atoms with Crippen molar-refractivity contribution in [1.82, 2.24) is 9.97 Å². The molecule has 2 rings (SSSR count). The second-order valence-electron chi connectivity index (χ2n) is 3.09. The van der Waals surface area contributed by atoms with Gasteiger partial charge in [-0.3, -0.25) is 4.79 Å². The van der Waals surface area contributed by atoms with Crippen molar-refractivity contribution in [2.75, 3.05) is 0 Å². The van der Waals surface area contributed by atoms with Gasteiger partial charge in [0.2, 0.25) is 0 Å². The van der Waals surface area contributed by atoms with Gasteiger partial charge in [-0.05, 0) is 24.6 Å². The Labute approximate surface area is 75.8 Å². The fourth-order valence-corrected chi connectivity index (χ4v) is 1.43. The SMILES string of the molecule is CC(=O)Cc1c[nH]c2ncccc12. The van der Waals surface area contributed by atoms with Gasteiger partial charge in [0.1, 0.15) is 11.4 Å². The number of hydrogen-bond acceptors (Lipinski definition) is 2. The quantitative estimate of drug-likeness (QED) is 0.753. The molecule has 0 unspecified atom stereocenters. The van der Waals surface area contributed by atoms with Gasteiger partial charge in [-0.15, -0.1) is 0 Å². The van der Waals surface area contributed by atoms with Crippen LogP contribution in [0.2, 0.25) is 0 Å². The number of aromatic nitrogens is 2. The summed E-state index contributed by atoms with van der Waals surface area (Å²) < 4.78 is 0. The molecule has 0 atom stereocenters. The number of hydrogen-bond donors (Lipinski definition) is 1. The Morgan fingerprint density at radius 1 is 1.62 bits per heavy atom. The standard InChI is InChI=1S/C10H10N2O/c1-7(13)5-8-6-12-10-9(8)3-2-4-11-10/h2-4,6H,5H2,1H3,(H,11,12). The van der Waals surface area contributed by atoms with Crippen molar-refractivity contribution >= 4 is 16.8 Å². The van der Waals surface area contributed by atoms with Crippen LogP contribution in [-0.4, -0.2) is 15.8 Å². The molecule has 2 aromatic heterocycles. The Hall–Kier alpha value is -1.64. The van der Waals surface area contributed by atoms with E-state index in [0.717, 1.165) is 16.6 Å². The summed E-state index contributed by atoms with van der Waals surface area (Å²) in [5.74, 6) is 0.171. The predicted octanol–water partition coefficient (Wildman–Crippen LogP) is 1.69. The lowest BCUT2D eigenvalue weighted by atomic mass is 10.1. The first-order valence-electron chi connectivity index (χ1n) is 4.18. The van der Waals surface area contributed by atoms with Crippen molar-refractivity contribution in [3.63, 3.8) is 0 Å². The number of pyridine rings is 1. The van der Waals surface area contributed by atoms with Crippen LogP contribution >= 0.6 is 0 Å². The first kappa shape index (κ1) is 7.98. The number of Topliss-reactive ketones (excluding diaryl/α,β-unsaturated/α-hetero) is 1. The van der Waals surface area contributed by atoms with Gasteiger partial charge in [-0.2, -0.15) is 0 Å². The molecule has 2 aromatic rings. The number of carbonyl (C=O) groups excluding carboxylic acids is 1. The maximum Gasteiger partial charge on any atom is 0.137 e. The smallest absolute Gasteiger partial charge is 0.137 e. The Morgan fingerprint density at radius 3 is 3.23 bits per heavy atom. The molecule has 0 bridgehead atoms. The van der Waals surface area contributed by atoms with E-state index >= 15 is 0 Å². The molecule has 3 nitrogen and oxygen atoms in total. The third-order valence-electron chi connectivity index (χ3n) is 1.98. The number of nitrogens with one attached hydrogen (secondary N) is 1. The van der Waals surface area contributed by atoms with E-state index in [1.165, 1.54) is 0 Å². The lowest BCUT2D eigenvalue weighted by Crippen LogP contribution is -1.94. The third kappa shape index (κ3) is 1.45. The molecule has 0 fully saturated rings. The van der Waals surface area contributed by atoms with Crippen molar-refractivity contribution < 1.29 is 4.79 Å². The zero-order valence-corrected chi connectivity index (χ0v) is 7.37. The fourth-order valence-electron chi connectivity index (χ4n) is 1.43. The van der Waals surface area contributed by atoms with Crippen molar-refractivity contribution in [3.8, 4) is 0 Å². The molecule has 0 aliphatic rings. The van der Waals surface area contributed by atoms with E-state index in [0.29, 0.717) is 6.42 Å². The summed E-state index contributed by atoms with van der Waals surface area (Å²) in [5.41, 5.74) is 1.87. The molecule has 0 spiro atoms. The first-order valence-corrected chi connectivity index (χ1v) is 4.18. The Balaban J connectivity index is 2.51. The van der Waals surface area contributed by atoms with Crippen LogP contribution in [0.4, 0.5) is 0 Å². The number of aromatic amines is 1. The van der Waals surface area contributed by atoms with Gasteiger partial charge in [-0.1, -0.05) is 0 Å². The molecule has 2 heterocycles. The third-order valence-corrected chi connectivity index (χ3v) is 1.98. The van der Waals surface area contributed by atoms with Crippen LogP contribution in [0.15, 0.2) is 24.5 Å². The van der Waals surface area contributed by atoms with Gasteiger partial charge in [0.25, 0.3) is 0 Å². The van der Waals surface area contributed by atoms with E-state index < -0.39 is 0 Å². The second kappa shape index (κ2) is 3.01. The summed E-state index contributed by atoms with van der Waals surface area (Å²) in [6, 6.07) is 3.84. The summed E-state index contributed by atoms with van der Waals surface area (Å²) >= 11 is 0. The molecule has 13 heavy (non-hydrogen) atoms. The molecule has 0 aromatic carbocycles. The maximum absolute atomic E-state index is 10.9. The highest BCUT2D eigenvalue weighted by Gasteiger charge is 2.04. The highest BCUT2D eigenvalue weighted by molar-refractivity contribution is 5.86. The van der Waals surface area contributed by atoms with E-state index in [9.17, 15) is 4.79 Å². The van der Waals surface area contributed by atoms with E-state index in [1.54, 1.807) is 13.1 Å². The monoisotopic (exact) mass is 174 g/mol. The molecule has 0 amide bonds. The van der Waals surface area contributed by atoms with Gasteiger partial charge < -0.3 is 4.98 Å². The minimum Gasteiger partial charge on any atom is -0.346 e.